The monoisotopic (exact) mass is 168 g/mol. The first-order valence-electron chi connectivity index (χ1n) is 2.60. The van der Waals surface area contributed by atoms with Gasteiger partial charge in [0.15, 0.2) is 0 Å². The van der Waals surface area contributed by atoms with E-state index in [1.807, 2.05) is 0 Å². The van der Waals surface area contributed by atoms with Crippen LogP contribution in [0.1, 0.15) is 0 Å². The molecule has 0 radical (unpaired) electrons. The Morgan fingerprint density at radius 2 is 0.917 bits per heavy atom. The van der Waals surface area contributed by atoms with Gasteiger partial charge in [-0.15, -0.1) is 0 Å². The highest BCUT2D eigenvalue weighted by molar-refractivity contribution is 4.16. The largest absolute Gasteiger partial charge is 0 e. The van der Waals surface area contributed by atoms with Crippen molar-refractivity contribution in [3.05, 3.63) is 0 Å². The molecule has 0 unspecified atom stereocenters. The lowest BCUT2D eigenvalue weighted by Crippen LogP contribution is -1.98. The molecule has 0 fully saturated rings. The third-order valence-corrected chi connectivity index (χ3v) is 0.760. The molecule has 2 heterocycles. The van der Waals surface area contributed by atoms with Crippen LogP contribution in [0.3, 0.4) is 0 Å². The lowest BCUT2D eigenvalue weighted by Gasteiger charge is -1.79. The predicted octanol–water partition coefficient (Wildman–Crippen LogP) is -2.87. The van der Waals surface area contributed by atoms with E-state index in [1.165, 1.54) is 0 Å². The van der Waals surface area contributed by atoms with Gasteiger partial charge in [0, 0.05) is 62.0 Å². The topological polar surface area (TPSA) is 138 Å². The molecule has 0 atom stereocenters. The van der Waals surface area contributed by atoms with Crippen LogP contribution >= 0.6 is 0 Å². The first-order valence-corrected chi connectivity index (χ1v) is 2.60. The molecular weight excluding hydrogens is 168 g/mol. The van der Waals surface area contributed by atoms with Gasteiger partial charge in [-0.2, -0.15) is 0 Å². The van der Waals surface area contributed by atoms with Crippen molar-refractivity contribution < 1.29 is 0 Å². The number of rotatable bonds is 2. The van der Waals surface area contributed by atoms with E-state index in [4.69, 9.17) is 0 Å². The predicted molar refractivity (Wildman–Crippen MR) is 26.9 cm³/mol. The van der Waals surface area contributed by atoms with Gasteiger partial charge in [0.2, 0.25) is 0 Å². The molecule has 12 heteroatoms. The molecule has 0 amide bonds. The minimum Gasteiger partial charge on any atom is 0 e. The van der Waals surface area contributed by atoms with Crippen molar-refractivity contribution in [3.8, 4) is 0 Å². The Labute approximate surface area is 63.2 Å². The smallest absolute Gasteiger partial charge is 0 e. The molecule has 0 saturated carbocycles. The Morgan fingerprint density at radius 1 is 0.583 bits per heavy atom. The van der Waals surface area contributed by atoms with Gasteiger partial charge in [0.1, 0.15) is 0 Å². The van der Waals surface area contributed by atoms with Crippen molar-refractivity contribution >= 4 is 0 Å². The summed E-state index contributed by atoms with van der Waals surface area (Å²) < 4.78 is 0. The summed E-state index contributed by atoms with van der Waals surface area (Å²) in [6, 6.07) is 0. The van der Waals surface area contributed by atoms with Crippen molar-refractivity contribution in [2.24, 2.45) is 10.4 Å². The maximum atomic E-state index is 3.36. The first kappa shape index (κ1) is 6.32. The highest BCUT2D eigenvalue weighted by atomic mass is 15.9. The van der Waals surface area contributed by atoms with Crippen LogP contribution in [-0.4, -0.2) is 51.5 Å². The third-order valence-electron chi connectivity index (χ3n) is 0.760. The van der Waals surface area contributed by atoms with Crippen LogP contribution in [0.4, 0.5) is 0 Å². The summed E-state index contributed by atoms with van der Waals surface area (Å²) in [5.74, 6) is 0. The average Bonchev–Trinajstić information content (AvgIpc) is 2.74. The molecule has 0 aromatic carbocycles. The molecule has 12 nitrogen and oxygen atoms in total. The Bertz CT molecular complexity index is 297. The van der Waals surface area contributed by atoms with Gasteiger partial charge < -0.3 is 0 Å². The van der Waals surface area contributed by atoms with Crippen LogP contribution in [-0.2, 0) is 0 Å². The second kappa shape index (κ2) is 2.69. The molecule has 0 saturated heterocycles. The molecule has 0 N–H and O–H groups in total. The SMILES string of the molecule is N(=N\n1nnnn1)/n1nnnn1. The summed E-state index contributed by atoms with van der Waals surface area (Å²) in [6.07, 6.45) is 0. The lowest BCUT2D eigenvalue weighted by molar-refractivity contribution is 0.482. The summed E-state index contributed by atoms with van der Waals surface area (Å²) >= 11 is 0. The van der Waals surface area contributed by atoms with E-state index >= 15 is 0 Å². The van der Waals surface area contributed by atoms with Gasteiger partial charge >= 0.3 is 0 Å². The van der Waals surface area contributed by atoms with E-state index in [0.717, 1.165) is 9.81 Å². The summed E-state index contributed by atoms with van der Waals surface area (Å²) in [6.45, 7) is 0. The third kappa shape index (κ3) is 1.20. The van der Waals surface area contributed by atoms with Gasteiger partial charge in [-0.1, -0.05) is 0 Å². The Kier molecular flexibility index (Phi) is 1.41. The Hall–Kier alpha value is -2.40. The van der Waals surface area contributed by atoms with Gasteiger partial charge in [0.05, 0.1) is 0 Å². The van der Waals surface area contributed by atoms with Crippen LogP contribution in [0.2, 0.25) is 0 Å². The van der Waals surface area contributed by atoms with E-state index in [-0.39, 0.29) is 0 Å². The number of hydrogen-bond donors (Lipinski definition) is 0. The first-order chi connectivity index (χ1) is 5.95. The maximum absolute atomic E-state index is 3.36. The molecule has 0 bridgehead atoms. The minimum atomic E-state index is 0.781. The summed E-state index contributed by atoms with van der Waals surface area (Å²) in [5, 5.41) is 32.4. The van der Waals surface area contributed by atoms with E-state index in [9.17, 15) is 0 Å². The van der Waals surface area contributed by atoms with Crippen molar-refractivity contribution in [2.45, 2.75) is 0 Å². The number of nitrogens with zero attached hydrogens (tertiary/aromatic N) is 12. The zero-order valence-corrected chi connectivity index (χ0v) is 5.37. The van der Waals surface area contributed by atoms with Gasteiger partial charge in [-0.25, -0.2) is 0 Å². The van der Waals surface area contributed by atoms with Crippen LogP contribution in [0.25, 0.3) is 0 Å². The molecule has 0 aliphatic carbocycles. The van der Waals surface area contributed by atoms with Crippen LogP contribution < -0.4 is 0 Å². The highest BCUT2D eigenvalue weighted by Gasteiger charge is 1.90. The lowest BCUT2D eigenvalue weighted by atomic mass is 12.2. The van der Waals surface area contributed by atoms with Crippen LogP contribution in [0.15, 0.2) is 10.4 Å². The van der Waals surface area contributed by atoms with E-state index in [1.54, 1.807) is 0 Å². The van der Waals surface area contributed by atoms with Crippen molar-refractivity contribution in [1.29, 1.82) is 0 Å². The zero-order valence-electron chi connectivity index (χ0n) is 5.37. The second-order valence-electron chi connectivity index (χ2n) is 1.43. The Morgan fingerprint density at radius 3 is 1.25 bits per heavy atom. The van der Waals surface area contributed by atoms with Crippen LogP contribution in [0, 0.1) is 0 Å². The minimum absolute atomic E-state index is 0.781. The molecule has 12 heavy (non-hydrogen) atoms. The fraction of sp³-hybridized carbons (Fsp3) is 0. The second-order valence-corrected chi connectivity index (χ2v) is 1.43. The molecule has 2 aromatic rings. The highest BCUT2D eigenvalue weighted by Crippen LogP contribution is 1.74. The Balaban J connectivity index is 2.14. The quantitative estimate of drug-likeness (QED) is 0.436. The van der Waals surface area contributed by atoms with Crippen LogP contribution in [0.5, 0.6) is 0 Å². The number of aromatic nitrogens is 10. The van der Waals surface area contributed by atoms with E-state index < -0.39 is 0 Å². The van der Waals surface area contributed by atoms with Crippen molar-refractivity contribution in [3.63, 3.8) is 0 Å². The summed E-state index contributed by atoms with van der Waals surface area (Å²) in [5.41, 5.74) is 0. The van der Waals surface area contributed by atoms with Gasteiger partial charge in [-0.05, 0) is 0 Å². The molecule has 0 aliphatic rings. The molecule has 0 aliphatic heterocycles. The van der Waals surface area contributed by atoms with Gasteiger partial charge in [0.25, 0.3) is 0 Å². The fourth-order valence-electron chi connectivity index (χ4n) is 0.394. The van der Waals surface area contributed by atoms with Gasteiger partial charge in [-0.3, -0.25) is 0 Å². The molecule has 2 aromatic heterocycles. The molecule has 60 valence electrons. The zero-order chi connectivity index (χ0) is 8.23. The van der Waals surface area contributed by atoms with E-state index in [0.29, 0.717) is 0 Å². The molecule has 2 rings (SSSR count). The fourth-order valence-corrected chi connectivity index (χ4v) is 0.394. The maximum Gasteiger partial charge on any atom is 0 e. The van der Waals surface area contributed by atoms with Crippen molar-refractivity contribution in [2.75, 3.05) is 0 Å². The summed E-state index contributed by atoms with van der Waals surface area (Å²) in [7, 11) is 0. The average molecular weight is 168 g/mol. The van der Waals surface area contributed by atoms with E-state index in [2.05, 4.69) is 52.2 Å². The summed E-state index contributed by atoms with van der Waals surface area (Å²) in [4.78, 5) is 1.56. The number of hydrogen-bond acceptors (Lipinski definition) is 10. The molecule has 0 spiro atoms. The molecular formula is N12. The normalized spacial score (nSPS) is 11.0. The standard InChI is InChI=1S/N12/c1-2-6-11(5-1)9-10-12-7-3-4-8-12/b10-9+. The van der Waals surface area contributed by atoms with Crippen molar-refractivity contribution in [1.82, 2.24) is 51.5 Å².